The number of hydrogen-bond acceptors (Lipinski definition) is 0. The number of rotatable bonds is 9. The van der Waals surface area contributed by atoms with Crippen LogP contribution in [0, 0.1) is 0 Å². The zero-order valence-electron chi connectivity index (χ0n) is 10.8. The molecule has 0 atom stereocenters. The summed E-state index contributed by atoms with van der Waals surface area (Å²) in [6.45, 7) is 2.00. The van der Waals surface area contributed by atoms with Gasteiger partial charge in [-0.05, 0) is 6.42 Å². The number of unbranched alkanes of at least 4 members (excludes halogenated alkanes) is 6. The van der Waals surface area contributed by atoms with E-state index in [0.717, 1.165) is 25.7 Å². The molecule has 0 aliphatic rings. The maximum Gasteiger partial charge on any atom is 0.459 e. The van der Waals surface area contributed by atoms with E-state index in [-0.39, 0.29) is 12.8 Å². The summed E-state index contributed by atoms with van der Waals surface area (Å²) in [6, 6.07) is 0. The molecule has 0 spiro atoms. The molecule has 0 aromatic heterocycles. The van der Waals surface area contributed by atoms with E-state index < -0.39 is 24.4 Å². The van der Waals surface area contributed by atoms with Crippen LogP contribution in [0.25, 0.3) is 0 Å². The van der Waals surface area contributed by atoms with Gasteiger partial charge in [-0.3, -0.25) is 0 Å². The van der Waals surface area contributed by atoms with E-state index in [9.17, 15) is 30.7 Å². The highest BCUT2D eigenvalue weighted by molar-refractivity contribution is 4.90. The van der Waals surface area contributed by atoms with Crippen LogP contribution < -0.4 is 0 Å². The molecule has 0 nitrogen and oxygen atoms in total. The Kier molecular flexibility index (Phi) is 7.15. The molecule has 116 valence electrons. The summed E-state index contributed by atoms with van der Waals surface area (Å²) in [5, 5.41) is 0. The molecule has 0 aliphatic carbocycles. The van der Waals surface area contributed by atoms with Crippen molar-refractivity contribution in [1.29, 1.82) is 0 Å². The first-order chi connectivity index (χ1) is 8.56. The van der Waals surface area contributed by atoms with E-state index in [4.69, 9.17) is 0 Å². The van der Waals surface area contributed by atoms with Gasteiger partial charge in [0.05, 0.1) is 0 Å². The number of alkyl halides is 7. The van der Waals surface area contributed by atoms with E-state index >= 15 is 0 Å². The Labute approximate surface area is 108 Å². The first-order valence-corrected chi connectivity index (χ1v) is 6.38. The van der Waals surface area contributed by atoms with Crippen LogP contribution in [-0.4, -0.2) is 18.0 Å². The Morgan fingerprint density at radius 1 is 0.632 bits per heavy atom. The van der Waals surface area contributed by atoms with Crippen LogP contribution in [0.3, 0.4) is 0 Å². The average molecular weight is 296 g/mol. The average Bonchev–Trinajstić information content (AvgIpc) is 2.26. The third-order valence-electron chi connectivity index (χ3n) is 2.91. The highest BCUT2D eigenvalue weighted by Crippen LogP contribution is 2.48. The van der Waals surface area contributed by atoms with Gasteiger partial charge in [0.15, 0.2) is 0 Å². The Morgan fingerprint density at radius 3 is 1.47 bits per heavy atom. The molecule has 7 heteroatoms. The van der Waals surface area contributed by atoms with Gasteiger partial charge in [-0.2, -0.15) is 30.7 Å². The van der Waals surface area contributed by atoms with Crippen molar-refractivity contribution in [3.63, 3.8) is 0 Å². The van der Waals surface area contributed by atoms with Gasteiger partial charge in [-0.25, -0.2) is 0 Å². The molecule has 0 amide bonds. The molecule has 0 saturated heterocycles. The molecule has 0 N–H and O–H groups in total. The summed E-state index contributed by atoms with van der Waals surface area (Å²) in [5.41, 5.74) is 0. The second-order valence-electron chi connectivity index (χ2n) is 4.65. The highest BCUT2D eigenvalue weighted by Gasteiger charge is 2.72. The third kappa shape index (κ3) is 5.57. The molecule has 0 heterocycles. The van der Waals surface area contributed by atoms with Crippen molar-refractivity contribution in [2.24, 2.45) is 0 Å². The van der Waals surface area contributed by atoms with Crippen molar-refractivity contribution in [1.82, 2.24) is 0 Å². The van der Waals surface area contributed by atoms with E-state index in [1.165, 1.54) is 0 Å². The van der Waals surface area contributed by atoms with Gasteiger partial charge in [-0.15, -0.1) is 0 Å². The zero-order chi connectivity index (χ0) is 15.2. The lowest BCUT2D eigenvalue weighted by Gasteiger charge is -2.28. The fourth-order valence-electron chi connectivity index (χ4n) is 1.67. The van der Waals surface area contributed by atoms with Gasteiger partial charge in [0.25, 0.3) is 0 Å². The molecule has 0 bridgehead atoms. The lowest BCUT2D eigenvalue weighted by molar-refractivity contribution is -0.355. The molecule has 0 radical (unpaired) electrons. The van der Waals surface area contributed by atoms with Crippen molar-refractivity contribution < 1.29 is 30.7 Å². The predicted molar refractivity (Wildman–Crippen MR) is 58.6 cm³/mol. The molecular weight excluding hydrogens is 277 g/mol. The van der Waals surface area contributed by atoms with Gasteiger partial charge in [0.2, 0.25) is 0 Å². The Hall–Kier alpha value is -0.490. The minimum Gasteiger partial charge on any atom is -0.200 e. The summed E-state index contributed by atoms with van der Waals surface area (Å²) < 4.78 is 86.2. The van der Waals surface area contributed by atoms with Crippen LogP contribution in [0.4, 0.5) is 30.7 Å². The minimum atomic E-state index is -6.21. The minimum absolute atomic E-state index is 0.243. The van der Waals surface area contributed by atoms with E-state index in [1.807, 2.05) is 6.92 Å². The van der Waals surface area contributed by atoms with E-state index in [2.05, 4.69) is 0 Å². The molecule has 0 rings (SSSR count). The van der Waals surface area contributed by atoms with E-state index in [1.54, 1.807) is 0 Å². The van der Waals surface area contributed by atoms with Crippen molar-refractivity contribution in [3.05, 3.63) is 0 Å². The van der Waals surface area contributed by atoms with Crippen LogP contribution in [-0.2, 0) is 0 Å². The van der Waals surface area contributed by atoms with Gasteiger partial charge in [0.1, 0.15) is 0 Å². The van der Waals surface area contributed by atoms with Crippen molar-refractivity contribution in [3.8, 4) is 0 Å². The Morgan fingerprint density at radius 2 is 1.05 bits per heavy atom. The second-order valence-corrected chi connectivity index (χ2v) is 4.65. The largest absolute Gasteiger partial charge is 0.459 e. The van der Waals surface area contributed by atoms with Crippen LogP contribution in [0.5, 0.6) is 0 Å². The normalized spacial score (nSPS) is 13.9. The maximum absolute atomic E-state index is 12.9. The second kappa shape index (κ2) is 7.33. The molecular formula is C12H19F7. The van der Waals surface area contributed by atoms with Crippen LogP contribution in [0.15, 0.2) is 0 Å². The monoisotopic (exact) mass is 296 g/mol. The Balaban J connectivity index is 4.04. The predicted octanol–water partition coefficient (Wildman–Crippen LogP) is 5.96. The molecule has 0 aromatic carbocycles. The maximum atomic E-state index is 12.9. The molecule has 0 aliphatic heterocycles. The number of halogens is 7. The summed E-state index contributed by atoms with van der Waals surface area (Å²) in [6.07, 6.45) is -3.44. The number of hydrogen-bond donors (Lipinski definition) is 0. The summed E-state index contributed by atoms with van der Waals surface area (Å²) in [5.74, 6) is -11.0. The lowest BCUT2D eigenvalue weighted by Crippen LogP contribution is -2.51. The molecule has 19 heavy (non-hydrogen) atoms. The van der Waals surface area contributed by atoms with Crippen molar-refractivity contribution >= 4 is 0 Å². The topological polar surface area (TPSA) is 0 Å². The Bertz CT molecular complexity index is 245. The molecule has 0 saturated carbocycles. The molecule has 0 aromatic rings. The smallest absolute Gasteiger partial charge is 0.200 e. The van der Waals surface area contributed by atoms with Crippen molar-refractivity contribution in [2.45, 2.75) is 76.3 Å². The first-order valence-electron chi connectivity index (χ1n) is 6.38. The molecule has 0 unspecified atom stereocenters. The highest BCUT2D eigenvalue weighted by atomic mass is 19.4. The van der Waals surface area contributed by atoms with Crippen LogP contribution in [0.2, 0.25) is 0 Å². The standard InChI is InChI=1S/C12H19F7/c1-2-3-4-5-6-7-8-9-10(13,14)11(15,16)12(17,18)19/h2-9H2,1H3. The third-order valence-corrected chi connectivity index (χ3v) is 2.91. The lowest BCUT2D eigenvalue weighted by atomic mass is 10.0. The van der Waals surface area contributed by atoms with Gasteiger partial charge >= 0.3 is 18.0 Å². The zero-order valence-corrected chi connectivity index (χ0v) is 10.8. The van der Waals surface area contributed by atoms with Gasteiger partial charge in [-0.1, -0.05) is 45.4 Å². The quantitative estimate of drug-likeness (QED) is 0.364. The first kappa shape index (κ1) is 18.5. The van der Waals surface area contributed by atoms with Gasteiger partial charge < -0.3 is 0 Å². The summed E-state index contributed by atoms with van der Waals surface area (Å²) >= 11 is 0. The SMILES string of the molecule is CCCCCCCCCC(F)(F)C(F)(F)C(F)(F)F. The fourth-order valence-corrected chi connectivity index (χ4v) is 1.67. The van der Waals surface area contributed by atoms with Crippen molar-refractivity contribution in [2.75, 3.05) is 0 Å². The van der Waals surface area contributed by atoms with E-state index in [0.29, 0.717) is 6.42 Å². The van der Waals surface area contributed by atoms with Crippen LogP contribution in [0.1, 0.15) is 58.3 Å². The summed E-state index contributed by atoms with van der Waals surface area (Å²) in [4.78, 5) is 0. The fraction of sp³-hybridized carbons (Fsp3) is 1.00. The molecule has 0 fully saturated rings. The van der Waals surface area contributed by atoms with Crippen LogP contribution >= 0.6 is 0 Å². The summed E-state index contributed by atoms with van der Waals surface area (Å²) in [7, 11) is 0. The van der Waals surface area contributed by atoms with Gasteiger partial charge in [0, 0.05) is 6.42 Å².